The van der Waals surface area contributed by atoms with Crippen LogP contribution < -0.4 is 11.3 Å². The molecule has 1 atom stereocenters. The number of nitrogens with zero attached hydrogens (tertiary/aromatic N) is 1. The van der Waals surface area contributed by atoms with Crippen molar-refractivity contribution in [2.75, 3.05) is 0 Å². The Balaban J connectivity index is 1.79. The van der Waals surface area contributed by atoms with E-state index in [1.54, 1.807) is 11.3 Å². The molecular weight excluding hydrogens is 266 g/mol. The van der Waals surface area contributed by atoms with Crippen LogP contribution >= 0.6 is 11.3 Å². The summed E-state index contributed by atoms with van der Waals surface area (Å²) in [5, 5.41) is 3.26. The van der Waals surface area contributed by atoms with Crippen LogP contribution in [0.2, 0.25) is 0 Å². The Morgan fingerprint density at radius 1 is 1.10 bits per heavy atom. The van der Waals surface area contributed by atoms with Crippen molar-refractivity contribution in [1.29, 1.82) is 0 Å². The molecule has 0 saturated heterocycles. The Morgan fingerprint density at radius 3 is 2.80 bits per heavy atom. The van der Waals surface area contributed by atoms with Gasteiger partial charge in [-0.3, -0.25) is 16.3 Å². The van der Waals surface area contributed by atoms with Crippen LogP contribution in [-0.4, -0.2) is 4.98 Å². The number of hydrazine groups is 1. The van der Waals surface area contributed by atoms with Gasteiger partial charge in [-0.05, 0) is 36.4 Å². The van der Waals surface area contributed by atoms with Crippen LogP contribution in [0.25, 0.3) is 10.9 Å². The molecule has 0 aliphatic carbocycles. The van der Waals surface area contributed by atoms with Crippen molar-refractivity contribution >= 4 is 22.2 Å². The number of nitrogens with one attached hydrogen (secondary N) is 1. The number of fused-ring (bicyclic) bond motifs is 1. The van der Waals surface area contributed by atoms with E-state index in [1.165, 1.54) is 4.88 Å². The molecule has 0 radical (unpaired) electrons. The van der Waals surface area contributed by atoms with Crippen LogP contribution in [0.5, 0.6) is 0 Å². The highest BCUT2D eigenvalue weighted by molar-refractivity contribution is 7.09. The van der Waals surface area contributed by atoms with E-state index in [1.807, 2.05) is 18.2 Å². The summed E-state index contributed by atoms with van der Waals surface area (Å²) in [6, 6.07) is 16.6. The monoisotopic (exact) mass is 283 g/mol. The van der Waals surface area contributed by atoms with Crippen molar-refractivity contribution in [3.8, 4) is 0 Å². The molecule has 4 heteroatoms. The Kier molecular flexibility index (Phi) is 4.06. The first-order chi connectivity index (χ1) is 9.86. The van der Waals surface area contributed by atoms with Crippen molar-refractivity contribution in [1.82, 2.24) is 10.4 Å². The van der Waals surface area contributed by atoms with E-state index in [0.29, 0.717) is 0 Å². The highest BCUT2D eigenvalue weighted by Gasteiger charge is 2.12. The van der Waals surface area contributed by atoms with Gasteiger partial charge in [0.2, 0.25) is 0 Å². The van der Waals surface area contributed by atoms with Gasteiger partial charge < -0.3 is 0 Å². The minimum Gasteiger partial charge on any atom is -0.271 e. The zero-order valence-corrected chi connectivity index (χ0v) is 11.9. The average Bonchev–Trinajstić information content (AvgIpc) is 3.01. The number of hydrogen-bond acceptors (Lipinski definition) is 4. The van der Waals surface area contributed by atoms with Crippen LogP contribution in [0.3, 0.4) is 0 Å². The summed E-state index contributed by atoms with van der Waals surface area (Å²) in [4.78, 5) is 6.09. The topological polar surface area (TPSA) is 50.9 Å². The predicted molar refractivity (Wildman–Crippen MR) is 84.4 cm³/mol. The minimum absolute atomic E-state index is 0.0849. The molecule has 3 nitrogen and oxygen atoms in total. The molecule has 0 saturated carbocycles. The van der Waals surface area contributed by atoms with Gasteiger partial charge in [0.25, 0.3) is 0 Å². The highest BCUT2D eigenvalue weighted by Crippen LogP contribution is 2.21. The van der Waals surface area contributed by atoms with E-state index >= 15 is 0 Å². The lowest BCUT2D eigenvalue weighted by Crippen LogP contribution is -2.29. The van der Waals surface area contributed by atoms with Gasteiger partial charge in [0.1, 0.15) is 0 Å². The van der Waals surface area contributed by atoms with Crippen molar-refractivity contribution in [2.24, 2.45) is 5.84 Å². The molecule has 0 amide bonds. The van der Waals surface area contributed by atoms with Gasteiger partial charge in [-0.2, -0.15) is 0 Å². The van der Waals surface area contributed by atoms with E-state index in [4.69, 9.17) is 10.8 Å². The largest absolute Gasteiger partial charge is 0.271 e. The molecule has 0 aliphatic rings. The third-order valence-corrected chi connectivity index (χ3v) is 4.37. The molecule has 3 aromatic rings. The Bertz CT molecular complexity index is 679. The molecule has 0 aliphatic heterocycles. The molecule has 0 fully saturated rings. The summed E-state index contributed by atoms with van der Waals surface area (Å²) >= 11 is 1.78. The van der Waals surface area contributed by atoms with Gasteiger partial charge in [0.15, 0.2) is 0 Å². The first-order valence-corrected chi connectivity index (χ1v) is 7.59. The summed E-state index contributed by atoms with van der Waals surface area (Å²) in [6.45, 7) is 0. The molecule has 0 spiro atoms. The number of aromatic nitrogens is 1. The number of pyridine rings is 1. The van der Waals surface area contributed by atoms with Crippen LogP contribution in [0.4, 0.5) is 0 Å². The predicted octanol–water partition coefficient (Wildman–Crippen LogP) is 3.43. The summed E-state index contributed by atoms with van der Waals surface area (Å²) in [7, 11) is 0. The first kappa shape index (κ1) is 13.2. The average molecular weight is 283 g/mol. The molecule has 102 valence electrons. The van der Waals surface area contributed by atoms with E-state index in [9.17, 15) is 0 Å². The van der Waals surface area contributed by atoms with E-state index in [0.717, 1.165) is 29.4 Å². The zero-order valence-electron chi connectivity index (χ0n) is 11.1. The Morgan fingerprint density at radius 2 is 2.00 bits per heavy atom. The Labute approximate surface area is 122 Å². The third-order valence-electron chi connectivity index (χ3n) is 3.44. The minimum atomic E-state index is 0.0849. The molecular formula is C16H17N3S. The third kappa shape index (κ3) is 2.88. The second-order valence-electron chi connectivity index (χ2n) is 4.77. The number of hydrogen-bond donors (Lipinski definition) is 2. The van der Waals surface area contributed by atoms with E-state index < -0.39 is 0 Å². The van der Waals surface area contributed by atoms with Crippen molar-refractivity contribution < 1.29 is 0 Å². The normalized spacial score (nSPS) is 12.7. The second-order valence-corrected chi connectivity index (χ2v) is 5.80. The van der Waals surface area contributed by atoms with Crippen molar-refractivity contribution in [2.45, 2.75) is 18.9 Å². The standard InChI is InChI=1S/C16H17N3S/c17-19-16(10-8-13-5-3-11-20-13)15-9-7-12-4-1-2-6-14(12)18-15/h1-7,9,11,16,19H,8,10,17H2. The highest BCUT2D eigenvalue weighted by atomic mass is 32.1. The lowest BCUT2D eigenvalue weighted by atomic mass is 10.1. The number of para-hydroxylation sites is 1. The van der Waals surface area contributed by atoms with Gasteiger partial charge in [0, 0.05) is 10.3 Å². The van der Waals surface area contributed by atoms with Gasteiger partial charge in [0.05, 0.1) is 17.3 Å². The summed E-state index contributed by atoms with van der Waals surface area (Å²) in [6.07, 6.45) is 1.96. The van der Waals surface area contributed by atoms with Crippen LogP contribution in [0, 0.1) is 0 Å². The zero-order chi connectivity index (χ0) is 13.8. The fourth-order valence-corrected chi connectivity index (χ4v) is 3.06. The molecule has 2 aromatic heterocycles. The van der Waals surface area contributed by atoms with Gasteiger partial charge in [-0.15, -0.1) is 11.3 Å². The number of nitrogens with two attached hydrogens (primary N) is 1. The molecule has 1 unspecified atom stereocenters. The fraction of sp³-hybridized carbons (Fsp3) is 0.188. The fourth-order valence-electron chi connectivity index (χ4n) is 2.33. The Hall–Kier alpha value is -1.75. The van der Waals surface area contributed by atoms with Crippen LogP contribution in [0.1, 0.15) is 23.0 Å². The van der Waals surface area contributed by atoms with Gasteiger partial charge >= 0.3 is 0 Å². The molecule has 20 heavy (non-hydrogen) atoms. The molecule has 3 rings (SSSR count). The lowest BCUT2D eigenvalue weighted by Gasteiger charge is -2.15. The maximum Gasteiger partial charge on any atom is 0.0706 e. The summed E-state index contributed by atoms with van der Waals surface area (Å²) in [5.41, 5.74) is 4.91. The van der Waals surface area contributed by atoms with Gasteiger partial charge in [-0.25, -0.2) is 0 Å². The summed E-state index contributed by atoms with van der Waals surface area (Å²) in [5.74, 6) is 5.70. The van der Waals surface area contributed by atoms with E-state index in [2.05, 4.69) is 41.1 Å². The van der Waals surface area contributed by atoms with Gasteiger partial charge in [-0.1, -0.05) is 30.3 Å². The molecule has 1 aromatic carbocycles. The lowest BCUT2D eigenvalue weighted by molar-refractivity contribution is 0.507. The smallest absolute Gasteiger partial charge is 0.0706 e. The number of benzene rings is 1. The molecule has 2 heterocycles. The molecule has 3 N–H and O–H groups in total. The van der Waals surface area contributed by atoms with Crippen molar-refractivity contribution in [3.05, 3.63) is 64.5 Å². The number of thiophene rings is 1. The van der Waals surface area contributed by atoms with E-state index in [-0.39, 0.29) is 6.04 Å². The summed E-state index contributed by atoms with van der Waals surface area (Å²) < 4.78 is 0. The quantitative estimate of drug-likeness (QED) is 0.557. The molecule has 0 bridgehead atoms. The van der Waals surface area contributed by atoms with Crippen LogP contribution in [0.15, 0.2) is 53.9 Å². The number of aryl methyl sites for hydroxylation is 1. The SMILES string of the molecule is NNC(CCc1cccs1)c1ccc2ccccc2n1. The maximum atomic E-state index is 5.70. The van der Waals surface area contributed by atoms with Crippen molar-refractivity contribution in [3.63, 3.8) is 0 Å². The maximum absolute atomic E-state index is 5.70. The first-order valence-electron chi connectivity index (χ1n) is 6.71. The second kappa shape index (κ2) is 6.13. The van der Waals surface area contributed by atoms with Crippen LogP contribution in [-0.2, 0) is 6.42 Å². The number of rotatable bonds is 5.